The zero-order valence-corrected chi connectivity index (χ0v) is 14.1. The van der Waals surface area contributed by atoms with E-state index in [0.29, 0.717) is 6.04 Å². The van der Waals surface area contributed by atoms with Gasteiger partial charge in [0.05, 0.1) is 0 Å². The molecule has 3 aromatic rings. The van der Waals surface area contributed by atoms with E-state index >= 15 is 0 Å². The molecule has 3 aromatic carbocycles. The van der Waals surface area contributed by atoms with Crippen LogP contribution < -0.4 is 5.32 Å². The van der Waals surface area contributed by atoms with E-state index in [1.54, 1.807) is 0 Å². The first-order valence-electron chi connectivity index (χ1n) is 8.52. The molecule has 0 saturated carbocycles. The Morgan fingerprint density at radius 2 is 1.58 bits per heavy atom. The number of hydrogen-bond acceptors (Lipinski definition) is 2. The minimum Gasteiger partial charge on any atom is -0.310 e. The van der Waals surface area contributed by atoms with Gasteiger partial charge in [0.2, 0.25) is 0 Å². The summed E-state index contributed by atoms with van der Waals surface area (Å²) in [5, 5.41) is 14.3. The molecule has 0 spiro atoms. The van der Waals surface area contributed by atoms with Gasteiger partial charge in [-0.2, -0.15) is 0 Å². The molecule has 0 amide bonds. The second-order valence-corrected chi connectivity index (χ2v) is 6.43. The Balaban J connectivity index is 1.51. The lowest BCUT2D eigenvalue weighted by molar-refractivity contribution is 0.561. The van der Waals surface area contributed by atoms with Crippen molar-refractivity contribution in [2.24, 2.45) is 0 Å². The molecule has 0 aliphatic rings. The van der Waals surface area contributed by atoms with Gasteiger partial charge in [-0.25, -0.2) is 0 Å². The first-order chi connectivity index (χ1) is 11.7. The van der Waals surface area contributed by atoms with Crippen LogP contribution in [-0.2, 0) is 13.0 Å². The second-order valence-electron chi connectivity index (χ2n) is 6.43. The molecular formula is C22H24N2. The molecule has 1 atom stereocenters. The molecule has 2 heteroatoms. The molecular weight excluding hydrogens is 292 g/mol. The maximum absolute atomic E-state index is 8.21. The summed E-state index contributed by atoms with van der Waals surface area (Å²) >= 11 is 0. The number of hydrogen-bond donors (Lipinski definition) is 2. The van der Waals surface area contributed by atoms with Gasteiger partial charge in [-0.3, -0.25) is 0 Å². The Bertz CT molecular complexity index is 808. The molecule has 0 saturated heterocycles. The van der Waals surface area contributed by atoms with Crippen molar-refractivity contribution >= 4 is 16.5 Å². The van der Waals surface area contributed by atoms with Crippen molar-refractivity contribution in [3.8, 4) is 0 Å². The van der Waals surface area contributed by atoms with Gasteiger partial charge in [-0.05, 0) is 34.9 Å². The molecule has 0 aromatic heterocycles. The van der Waals surface area contributed by atoms with Crippen molar-refractivity contribution < 1.29 is 0 Å². The van der Waals surface area contributed by atoms with Crippen LogP contribution in [-0.4, -0.2) is 11.8 Å². The van der Waals surface area contributed by atoms with E-state index in [9.17, 15) is 0 Å². The van der Waals surface area contributed by atoms with Crippen LogP contribution >= 0.6 is 0 Å². The third kappa shape index (κ3) is 4.53. The number of nitrogens with one attached hydrogen (secondary N) is 2. The summed E-state index contributed by atoms with van der Waals surface area (Å²) in [5.74, 6) is 0. The Labute approximate surface area is 144 Å². The van der Waals surface area contributed by atoms with Crippen molar-refractivity contribution in [3.63, 3.8) is 0 Å². The standard InChI is InChI=1S/C22H24N2/c1-17(13-22(23)15-18-7-3-2-4-8-18)24-16-19-11-12-20-9-5-6-10-21(20)14-19/h2-12,14,17,23-24H,13,15-16H2,1H3/t17-/m1/s1. The highest BCUT2D eigenvalue weighted by atomic mass is 14.9. The van der Waals surface area contributed by atoms with Gasteiger partial charge in [-0.1, -0.05) is 66.7 Å². The average Bonchev–Trinajstić information content (AvgIpc) is 2.60. The van der Waals surface area contributed by atoms with Gasteiger partial charge in [0.1, 0.15) is 0 Å². The van der Waals surface area contributed by atoms with Crippen LogP contribution in [0.3, 0.4) is 0 Å². The van der Waals surface area contributed by atoms with Crippen LogP contribution in [0.15, 0.2) is 72.8 Å². The number of rotatable bonds is 7. The first kappa shape index (κ1) is 16.4. The zero-order chi connectivity index (χ0) is 16.8. The van der Waals surface area contributed by atoms with Crippen molar-refractivity contribution in [2.45, 2.75) is 32.4 Å². The topological polar surface area (TPSA) is 35.9 Å². The molecule has 0 unspecified atom stereocenters. The molecule has 0 radical (unpaired) electrons. The molecule has 24 heavy (non-hydrogen) atoms. The highest BCUT2D eigenvalue weighted by Gasteiger charge is 2.07. The van der Waals surface area contributed by atoms with Gasteiger partial charge < -0.3 is 10.7 Å². The van der Waals surface area contributed by atoms with E-state index in [2.05, 4.69) is 66.8 Å². The van der Waals surface area contributed by atoms with Gasteiger partial charge in [0, 0.05) is 31.1 Å². The summed E-state index contributed by atoms with van der Waals surface area (Å²) in [6, 6.07) is 25.6. The predicted octanol–water partition coefficient (Wildman–Crippen LogP) is 4.97. The maximum Gasteiger partial charge on any atom is 0.0208 e. The lowest BCUT2D eigenvalue weighted by atomic mass is 10.0. The second kappa shape index (κ2) is 7.89. The first-order valence-corrected chi connectivity index (χ1v) is 8.52. The molecule has 0 heterocycles. The monoisotopic (exact) mass is 316 g/mol. The van der Waals surface area contributed by atoms with E-state index in [-0.39, 0.29) is 0 Å². The predicted molar refractivity (Wildman–Crippen MR) is 103 cm³/mol. The maximum atomic E-state index is 8.21. The fraction of sp³-hybridized carbons (Fsp3) is 0.227. The molecule has 0 bridgehead atoms. The highest BCUT2D eigenvalue weighted by molar-refractivity contribution is 5.84. The van der Waals surface area contributed by atoms with E-state index in [4.69, 9.17) is 5.41 Å². The summed E-state index contributed by atoms with van der Waals surface area (Å²) in [6.07, 6.45) is 1.52. The van der Waals surface area contributed by atoms with Crippen molar-refractivity contribution in [1.82, 2.24) is 5.32 Å². The van der Waals surface area contributed by atoms with Gasteiger partial charge in [-0.15, -0.1) is 0 Å². The van der Waals surface area contributed by atoms with Crippen LogP contribution in [0.1, 0.15) is 24.5 Å². The normalized spacial score (nSPS) is 12.2. The minimum atomic E-state index is 0.299. The quantitative estimate of drug-likeness (QED) is 0.593. The number of benzene rings is 3. The van der Waals surface area contributed by atoms with Crippen LogP contribution in [0.2, 0.25) is 0 Å². The van der Waals surface area contributed by atoms with Gasteiger partial charge in [0.15, 0.2) is 0 Å². The smallest absolute Gasteiger partial charge is 0.0208 e. The van der Waals surface area contributed by atoms with E-state index in [1.165, 1.54) is 21.9 Å². The average molecular weight is 316 g/mol. The van der Waals surface area contributed by atoms with Gasteiger partial charge >= 0.3 is 0 Å². The summed E-state index contributed by atoms with van der Waals surface area (Å²) in [5.41, 5.74) is 3.28. The fourth-order valence-corrected chi connectivity index (χ4v) is 3.00. The third-order valence-electron chi connectivity index (χ3n) is 4.28. The largest absolute Gasteiger partial charge is 0.310 e. The van der Waals surface area contributed by atoms with Crippen LogP contribution in [0.4, 0.5) is 0 Å². The van der Waals surface area contributed by atoms with Crippen LogP contribution in [0, 0.1) is 5.41 Å². The summed E-state index contributed by atoms with van der Waals surface area (Å²) < 4.78 is 0. The molecule has 2 nitrogen and oxygen atoms in total. The SMILES string of the molecule is C[C@H](CC(=N)Cc1ccccc1)NCc1ccc2ccccc2c1. The van der Waals surface area contributed by atoms with E-state index in [0.717, 1.165) is 25.1 Å². The minimum absolute atomic E-state index is 0.299. The van der Waals surface area contributed by atoms with Gasteiger partial charge in [0.25, 0.3) is 0 Å². The Kier molecular flexibility index (Phi) is 5.39. The van der Waals surface area contributed by atoms with Crippen LogP contribution in [0.25, 0.3) is 10.8 Å². The Morgan fingerprint density at radius 3 is 2.38 bits per heavy atom. The van der Waals surface area contributed by atoms with Crippen LogP contribution in [0.5, 0.6) is 0 Å². The van der Waals surface area contributed by atoms with Crippen molar-refractivity contribution in [3.05, 3.63) is 83.9 Å². The van der Waals surface area contributed by atoms with E-state index < -0.39 is 0 Å². The van der Waals surface area contributed by atoms with Crippen molar-refractivity contribution in [1.29, 1.82) is 5.41 Å². The number of fused-ring (bicyclic) bond motifs is 1. The summed E-state index contributed by atoms with van der Waals surface area (Å²) in [7, 11) is 0. The summed E-state index contributed by atoms with van der Waals surface area (Å²) in [4.78, 5) is 0. The zero-order valence-electron chi connectivity index (χ0n) is 14.1. The Hall–Kier alpha value is -2.45. The fourth-order valence-electron chi connectivity index (χ4n) is 3.00. The molecule has 3 rings (SSSR count). The third-order valence-corrected chi connectivity index (χ3v) is 4.28. The molecule has 0 aliphatic carbocycles. The lowest BCUT2D eigenvalue weighted by Crippen LogP contribution is -2.28. The van der Waals surface area contributed by atoms with Crippen molar-refractivity contribution in [2.75, 3.05) is 0 Å². The van der Waals surface area contributed by atoms with E-state index in [1.807, 2.05) is 18.2 Å². The summed E-state index contributed by atoms with van der Waals surface area (Å²) in [6.45, 7) is 2.99. The molecule has 122 valence electrons. The molecule has 2 N–H and O–H groups in total. The lowest BCUT2D eigenvalue weighted by Gasteiger charge is -2.15. The molecule has 0 aliphatic heterocycles. The highest BCUT2D eigenvalue weighted by Crippen LogP contribution is 2.15. The molecule has 0 fully saturated rings. The Morgan fingerprint density at radius 1 is 0.875 bits per heavy atom.